The van der Waals surface area contributed by atoms with E-state index in [9.17, 15) is 0 Å². The summed E-state index contributed by atoms with van der Waals surface area (Å²) in [6.07, 6.45) is 2.02. The average molecular weight is 703 g/mol. The first-order valence-electron chi connectivity index (χ1n) is 19.3. The van der Waals surface area contributed by atoms with Crippen molar-refractivity contribution in [2.75, 3.05) is 9.80 Å². The maximum absolute atomic E-state index is 2.53. The minimum Gasteiger partial charge on any atom is -0.310 e. The number of nitrogens with zero attached hydrogens (tertiary/aromatic N) is 2. The Balaban J connectivity index is 1.31. The SMILES string of the molecule is c1ccc(N(c2ccccc2)c2cc(N(c3ccccc3)c3ccccc3)c3c(c2)C2(C4=C(c5ccccc5CC4)c4ccccc42)c2ccccc2-3)cc1. The van der Waals surface area contributed by atoms with E-state index in [4.69, 9.17) is 0 Å². The molecule has 1 unspecified atom stereocenters. The lowest BCUT2D eigenvalue weighted by molar-refractivity contribution is 0.706. The third kappa shape index (κ3) is 4.68. The van der Waals surface area contributed by atoms with Crippen LogP contribution in [0.1, 0.15) is 39.8 Å². The quantitative estimate of drug-likeness (QED) is 0.170. The van der Waals surface area contributed by atoms with Gasteiger partial charge in [0.25, 0.3) is 0 Å². The maximum atomic E-state index is 2.53. The van der Waals surface area contributed by atoms with Crippen molar-refractivity contribution in [3.05, 3.63) is 245 Å². The summed E-state index contributed by atoms with van der Waals surface area (Å²) in [7, 11) is 0. The molecule has 1 spiro atoms. The van der Waals surface area contributed by atoms with Crippen LogP contribution in [0, 0.1) is 0 Å². The summed E-state index contributed by atoms with van der Waals surface area (Å²) in [6.45, 7) is 0. The van der Waals surface area contributed by atoms with Crippen LogP contribution in [0.3, 0.4) is 0 Å². The fourth-order valence-corrected chi connectivity index (χ4v) is 9.87. The van der Waals surface area contributed by atoms with Gasteiger partial charge in [-0.05, 0) is 124 Å². The molecule has 0 aliphatic heterocycles. The van der Waals surface area contributed by atoms with Crippen LogP contribution in [0.25, 0.3) is 16.7 Å². The van der Waals surface area contributed by atoms with Gasteiger partial charge in [-0.15, -0.1) is 0 Å². The number of fused-ring (bicyclic) bond motifs is 11. The topological polar surface area (TPSA) is 6.48 Å². The first kappa shape index (κ1) is 31.6. The van der Waals surface area contributed by atoms with E-state index in [-0.39, 0.29) is 0 Å². The van der Waals surface area contributed by atoms with E-state index < -0.39 is 5.41 Å². The molecular weight excluding hydrogens is 665 g/mol. The zero-order chi connectivity index (χ0) is 36.3. The summed E-state index contributed by atoms with van der Waals surface area (Å²) >= 11 is 0. The summed E-state index contributed by atoms with van der Waals surface area (Å²) in [5.41, 5.74) is 20.1. The second-order valence-electron chi connectivity index (χ2n) is 14.8. The normalized spacial score (nSPS) is 15.9. The molecule has 0 saturated heterocycles. The van der Waals surface area contributed by atoms with Crippen LogP contribution in [-0.4, -0.2) is 0 Å². The third-order valence-corrected chi connectivity index (χ3v) is 11.9. The number of benzene rings is 8. The van der Waals surface area contributed by atoms with Crippen LogP contribution in [0.4, 0.5) is 34.1 Å². The Morgan fingerprint density at radius 1 is 0.345 bits per heavy atom. The van der Waals surface area contributed by atoms with Gasteiger partial charge in [0, 0.05) is 34.0 Å². The van der Waals surface area contributed by atoms with Gasteiger partial charge in [0.15, 0.2) is 0 Å². The molecule has 2 heteroatoms. The van der Waals surface area contributed by atoms with E-state index in [1.807, 2.05) is 0 Å². The van der Waals surface area contributed by atoms with Crippen molar-refractivity contribution in [1.29, 1.82) is 0 Å². The van der Waals surface area contributed by atoms with Crippen molar-refractivity contribution < 1.29 is 0 Å². The molecule has 1 atom stereocenters. The van der Waals surface area contributed by atoms with Gasteiger partial charge >= 0.3 is 0 Å². The number of para-hydroxylation sites is 4. The van der Waals surface area contributed by atoms with Crippen LogP contribution in [0.2, 0.25) is 0 Å². The predicted octanol–water partition coefficient (Wildman–Crippen LogP) is 13.7. The highest BCUT2D eigenvalue weighted by atomic mass is 15.2. The van der Waals surface area contributed by atoms with E-state index in [1.54, 1.807) is 0 Å². The first-order valence-corrected chi connectivity index (χ1v) is 19.3. The summed E-state index contributed by atoms with van der Waals surface area (Å²) in [5, 5.41) is 0. The van der Waals surface area contributed by atoms with Gasteiger partial charge < -0.3 is 9.80 Å². The van der Waals surface area contributed by atoms with Gasteiger partial charge in [0.2, 0.25) is 0 Å². The van der Waals surface area contributed by atoms with Crippen LogP contribution < -0.4 is 9.80 Å². The van der Waals surface area contributed by atoms with Crippen LogP contribution in [0.15, 0.2) is 212 Å². The number of rotatable bonds is 6. The molecule has 8 aromatic rings. The predicted molar refractivity (Wildman–Crippen MR) is 228 cm³/mol. The minimum absolute atomic E-state index is 0.464. The monoisotopic (exact) mass is 702 g/mol. The molecule has 2 nitrogen and oxygen atoms in total. The van der Waals surface area contributed by atoms with E-state index in [0.29, 0.717) is 0 Å². The Hall–Kier alpha value is -6.90. The van der Waals surface area contributed by atoms with Gasteiger partial charge in [0.1, 0.15) is 0 Å². The molecule has 0 saturated carbocycles. The number of anilines is 6. The molecule has 0 amide bonds. The van der Waals surface area contributed by atoms with E-state index in [0.717, 1.165) is 47.0 Å². The van der Waals surface area contributed by atoms with Crippen molar-refractivity contribution in [2.45, 2.75) is 18.3 Å². The largest absolute Gasteiger partial charge is 0.310 e. The summed E-state index contributed by atoms with van der Waals surface area (Å²) in [5.74, 6) is 0. The fraction of sp³-hybridized carbons (Fsp3) is 0.0566. The Morgan fingerprint density at radius 3 is 1.38 bits per heavy atom. The van der Waals surface area contributed by atoms with E-state index >= 15 is 0 Å². The van der Waals surface area contributed by atoms with Crippen molar-refractivity contribution in [1.82, 2.24) is 0 Å². The number of allylic oxidation sites excluding steroid dienone is 1. The Morgan fingerprint density at radius 2 is 0.800 bits per heavy atom. The second kappa shape index (κ2) is 12.6. The molecule has 8 aromatic carbocycles. The Bertz CT molecular complexity index is 2670. The van der Waals surface area contributed by atoms with Crippen molar-refractivity contribution in [3.8, 4) is 11.1 Å². The average Bonchev–Trinajstić information content (AvgIpc) is 3.73. The van der Waals surface area contributed by atoms with Crippen LogP contribution in [-0.2, 0) is 11.8 Å². The molecule has 55 heavy (non-hydrogen) atoms. The van der Waals surface area contributed by atoms with Gasteiger partial charge in [0.05, 0.1) is 11.1 Å². The molecule has 3 aliphatic rings. The zero-order valence-corrected chi connectivity index (χ0v) is 30.4. The standard InChI is InChI=1S/C53H38N2/c1-5-20-38(21-6-1)54(39-22-7-2-8-23-39)42-35-49-52(50(36-42)55(40-24-9-3-10-25-40)41-26-11-4-12-27-41)45-30-16-18-32-47(45)53(49)46-31-17-15-29-44(46)51-43-28-14-13-19-37(43)33-34-48(51)53/h1-32,35-36H,33-34H2. The molecular formula is C53H38N2. The first-order chi connectivity index (χ1) is 27.3. The molecule has 0 heterocycles. The van der Waals surface area contributed by atoms with Gasteiger partial charge in [-0.1, -0.05) is 146 Å². The summed E-state index contributed by atoms with van der Waals surface area (Å²) in [4.78, 5) is 4.90. The second-order valence-corrected chi connectivity index (χ2v) is 14.8. The summed E-state index contributed by atoms with van der Waals surface area (Å²) in [6, 6.07) is 75.9. The Labute approximate surface area is 322 Å². The fourth-order valence-electron chi connectivity index (χ4n) is 9.87. The molecule has 0 bridgehead atoms. The van der Waals surface area contributed by atoms with Gasteiger partial charge in [-0.2, -0.15) is 0 Å². The van der Waals surface area contributed by atoms with E-state index in [1.165, 1.54) is 55.7 Å². The minimum atomic E-state index is -0.464. The number of aryl methyl sites for hydroxylation is 1. The lowest BCUT2D eigenvalue weighted by Crippen LogP contribution is -2.29. The molecule has 0 radical (unpaired) electrons. The lowest BCUT2D eigenvalue weighted by atomic mass is 9.67. The smallest absolute Gasteiger partial charge is 0.0690 e. The lowest BCUT2D eigenvalue weighted by Gasteiger charge is -2.36. The van der Waals surface area contributed by atoms with Gasteiger partial charge in [-0.3, -0.25) is 0 Å². The molecule has 11 rings (SSSR count). The molecule has 260 valence electrons. The maximum Gasteiger partial charge on any atom is 0.0690 e. The molecule has 0 fully saturated rings. The van der Waals surface area contributed by atoms with Crippen molar-refractivity contribution in [3.63, 3.8) is 0 Å². The highest BCUT2D eigenvalue weighted by Crippen LogP contribution is 2.67. The van der Waals surface area contributed by atoms with Crippen molar-refractivity contribution >= 4 is 39.7 Å². The molecule has 0 aromatic heterocycles. The highest BCUT2D eigenvalue weighted by Gasteiger charge is 2.54. The number of hydrogen-bond donors (Lipinski definition) is 0. The van der Waals surface area contributed by atoms with Crippen molar-refractivity contribution in [2.24, 2.45) is 0 Å². The Kier molecular flexibility index (Phi) is 7.25. The molecule has 0 N–H and O–H groups in total. The molecule has 3 aliphatic carbocycles. The van der Waals surface area contributed by atoms with Gasteiger partial charge in [-0.25, -0.2) is 0 Å². The highest BCUT2D eigenvalue weighted by molar-refractivity contribution is 6.04. The zero-order valence-electron chi connectivity index (χ0n) is 30.4. The third-order valence-electron chi connectivity index (χ3n) is 11.9. The van der Waals surface area contributed by atoms with Crippen LogP contribution in [0.5, 0.6) is 0 Å². The van der Waals surface area contributed by atoms with E-state index in [2.05, 4.69) is 216 Å². The number of hydrogen-bond acceptors (Lipinski definition) is 2. The van der Waals surface area contributed by atoms with Crippen LogP contribution >= 0.6 is 0 Å². The summed E-state index contributed by atoms with van der Waals surface area (Å²) < 4.78 is 0.